The molecule has 0 spiro atoms. The molecule has 146 valence electrons. The third-order valence-electron chi connectivity index (χ3n) is 5.95. The van der Waals surface area contributed by atoms with Gasteiger partial charge in [0.15, 0.2) is 0 Å². The lowest BCUT2D eigenvalue weighted by molar-refractivity contribution is 0.00578. The molecule has 0 bridgehead atoms. The molecule has 28 heavy (non-hydrogen) atoms. The summed E-state index contributed by atoms with van der Waals surface area (Å²) in [7, 11) is -0.652. The van der Waals surface area contributed by atoms with E-state index >= 15 is 0 Å². The summed E-state index contributed by atoms with van der Waals surface area (Å²) in [5.74, 6) is -1.15. The summed E-state index contributed by atoms with van der Waals surface area (Å²) in [6.45, 7) is 7.96. The van der Waals surface area contributed by atoms with Gasteiger partial charge in [-0.1, -0.05) is 18.2 Å². The van der Waals surface area contributed by atoms with Crippen molar-refractivity contribution < 1.29 is 22.9 Å². The second-order valence-corrected chi connectivity index (χ2v) is 8.37. The minimum Gasteiger partial charge on any atom is -0.399 e. The molecule has 2 aliphatic heterocycles. The minimum absolute atomic E-state index is 0.0719. The van der Waals surface area contributed by atoms with Gasteiger partial charge in [0, 0.05) is 23.2 Å². The van der Waals surface area contributed by atoms with Gasteiger partial charge in [-0.05, 0) is 51.4 Å². The summed E-state index contributed by atoms with van der Waals surface area (Å²) >= 11 is 0. The van der Waals surface area contributed by atoms with Crippen molar-refractivity contribution in [2.45, 2.75) is 52.0 Å². The van der Waals surface area contributed by atoms with Crippen LogP contribution in [0.15, 0.2) is 36.4 Å². The molecule has 0 saturated carbocycles. The molecule has 0 N–H and O–H groups in total. The molecule has 1 amide bonds. The van der Waals surface area contributed by atoms with Gasteiger partial charge in [0.1, 0.15) is 11.6 Å². The second kappa shape index (κ2) is 6.39. The number of nitrogens with zero attached hydrogens (tertiary/aromatic N) is 1. The number of rotatable bonds is 3. The fourth-order valence-electron chi connectivity index (χ4n) is 3.50. The van der Waals surface area contributed by atoms with Crippen molar-refractivity contribution in [1.82, 2.24) is 4.90 Å². The Labute approximate surface area is 163 Å². The van der Waals surface area contributed by atoms with E-state index in [0.29, 0.717) is 22.2 Å². The highest BCUT2D eigenvalue weighted by molar-refractivity contribution is 6.62. The Balaban J connectivity index is 1.53. The molecule has 1 fully saturated rings. The maximum atomic E-state index is 14.8. The van der Waals surface area contributed by atoms with Crippen molar-refractivity contribution in [2.75, 3.05) is 0 Å². The van der Waals surface area contributed by atoms with Crippen LogP contribution in [0.2, 0.25) is 0 Å². The van der Waals surface area contributed by atoms with Crippen molar-refractivity contribution in [2.24, 2.45) is 0 Å². The molecule has 7 heteroatoms. The first-order chi connectivity index (χ1) is 13.1. The maximum absolute atomic E-state index is 14.8. The van der Waals surface area contributed by atoms with Gasteiger partial charge in [0.25, 0.3) is 5.91 Å². The zero-order valence-electron chi connectivity index (χ0n) is 16.4. The maximum Gasteiger partial charge on any atom is 0.494 e. The molecule has 2 aromatic carbocycles. The lowest BCUT2D eigenvalue weighted by atomic mass is 9.78. The van der Waals surface area contributed by atoms with Gasteiger partial charge in [0.2, 0.25) is 0 Å². The summed E-state index contributed by atoms with van der Waals surface area (Å²) in [5, 5.41) is 0. The van der Waals surface area contributed by atoms with Crippen LogP contribution < -0.4 is 5.46 Å². The van der Waals surface area contributed by atoms with E-state index < -0.39 is 30.0 Å². The van der Waals surface area contributed by atoms with Gasteiger partial charge >= 0.3 is 7.12 Å². The standard InChI is InChI=1S/C21H22BF2NO3/c1-20(2)21(3,4)28-22(27-20)14-9-8-13(18(24)10-14)11-25-12-16-15(19(25)26)6-5-7-17(16)23/h5-10H,11-12H2,1-4H3. The molecule has 0 aliphatic carbocycles. The van der Waals surface area contributed by atoms with Crippen LogP contribution in [0.3, 0.4) is 0 Å². The number of halogens is 2. The zero-order chi connectivity index (χ0) is 20.3. The van der Waals surface area contributed by atoms with E-state index in [4.69, 9.17) is 9.31 Å². The predicted molar refractivity (Wildman–Crippen MR) is 102 cm³/mol. The number of hydrogen-bond acceptors (Lipinski definition) is 3. The third kappa shape index (κ3) is 3.03. The predicted octanol–water partition coefficient (Wildman–Crippen LogP) is 3.42. The molecule has 0 aromatic heterocycles. The molecule has 0 radical (unpaired) electrons. The van der Waals surface area contributed by atoms with Crippen LogP contribution >= 0.6 is 0 Å². The molecule has 0 atom stereocenters. The van der Waals surface area contributed by atoms with Gasteiger partial charge < -0.3 is 14.2 Å². The van der Waals surface area contributed by atoms with Gasteiger partial charge in [-0.2, -0.15) is 0 Å². The van der Waals surface area contributed by atoms with E-state index in [1.54, 1.807) is 18.2 Å². The highest BCUT2D eigenvalue weighted by atomic mass is 19.1. The molecule has 2 aromatic rings. The summed E-state index contributed by atoms with van der Waals surface area (Å²) in [6.07, 6.45) is 0. The smallest absolute Gasteiger partial charge is 0.399 e. The van der Waals surface area contributed by atoms with Crippen LogP contribution in [0.5, 0.6) is 0 Å². The van der Waals surface area contributed by atoms with Crippen LogP contribution in [0, 0.1) is 11.6 Å². The number of carbonyl (C=O) groups is 1. The molecule has 1 saturated heterocycles. The van der Waals surface area contributed by atoms with Crippen molar-refractivity contribution in [3.63, 3.8) is 0 Å². The number of carbonyl (C=O) groups excluding carboxylic acids is 1. The molecule has 4 nitrogen and oxygen atoms in total. The summed E-state index contributed by atoms with van der Waals surface area (Å²) < 4.78 is 40.6. The number of hydrogen-bond donors (Lipinski definition) is 0. The zero-order valence-corrected chi connectivity index (χ0v) is 16.4. The van der Waals surface area contributed by atoms with Crippen LogP contribution in [-0.2, 0) is 22.4 Å². The largest absolute Gasteiger partial charge is 0.494 e. The average molecular weight is 385 g/mol. The Morgan fingerprint density at radius 3 is 2.32 bits per heavy atom. The van der Waals surface area contributed by atoms with Gasteiger partial charge in [-0.3, -0.25) is 4.79 Å². The van der Waals surface area contributed by atoms with Crippen LogP contribution in [0.25, 0.3) is 0 Å². The van der Waals surface area contributed by atoms with Crippen molar-refractivity contribution in [3.05, 3.63) is 64.7 Å². The van der Waals surface area contributed by atoms with E-state index in [9.17, 15) is 13.6 Å². The molecule has 2 heterocycles. The Morgan fingerprint density at radius 1 is 1.04 bits per heavy atom. The third-order valence-corrected chi connectivity index (χ3v) is 5.95. The lowest BCUT2D eigenvalue weighted by Gasteiger charge is -2.32. The van der Waals surface area contributed by atoms with E-state index in [1.807, 2.05) is 27.7 Å². The molecule has 2 aliphatic rings. The van der Waals surface area contributed by atoms with Crippen molar-refractivity contribution >= 4 is 18.5 Å². The average Bonchev–Trinajstić information content (AvgIpc) is 3.04. The fraction of sp³-hybridized carbons (Fsp3) is 0.381. The Kier molecular flexibility index (Phi) is 4.36. The summed E-state index contributed by atoms with van der Waals surface area (Å²) in [4.78, 5) is 13.9. The van der Waals surface area contributed by atoms with Crippen LogP contribution in [0.1, 0.15) is 49.2 Å². The van der Waals surface area contributed by atoms with E-state index in [-0.39, 0.29) is 19.0 Å². The summed E-state index contributed by atoms with van der Waals surface area (Å²) in [5.41, 5.74) is 0.634. The topological polar surface area (TPSA) is 38.8 Å². The lowest BCUT2D eigenvalue weighted by Crippen LogP contribution is -2.41. The number of benzene rings is 2. The minimum atomic E-state index is -0.652. The van der Waals surface area contributed by atoms with Crippen molar-refractivity contribution in [1.29, 1.82) is 0 Å². The Morgan fingerprint density at radius 2 is 1.71 bits per heavy atom. The number of fused-ring (bicyclic) bond motifs is 1. The van der Waals surface area contributed by atoms with Crippen LogP contribution in [-0.4, -0.2) is 29.1 Å². The van der Waals surface area contributed by atoms with E-state index in [1.165, 1.54) is 23.1 Å². The Bertz CT molecular complexity index is 945. The first kappa shape index (κ1) is 19.1. The first-order valence-corrected chi connectivity index (χ1v) is 9.30. The summed E-state index contributed by atoms with van der Waals surface area (Å²) in [6, 6.07) is 9.19. The molecular formula is C21H22BF2NO3. The van der Waals surface area contributed by atoms with Crippen LogP contribution in [0.4, 0.5) is 8.78 Å². The fourth-order valence-corrected chi connectivity index (χ4v) is 3.50. The van der Waals surface area contributed by atoms with Gasteiger partial charge in [-0.15, -0.1) is 0 Å². The van der Waals surface area contributed by atoms with Gasteiger partial charge in [-0.25, -0.2) is 8.78 Å². The highest BCUT2D eigenvalue weighted by Gasteiger charge is 2.51. The molecule has 0 unspecified atom stereocenters. The number of amides is 1. The second-order valence-electron chi connectivity index (χ2n) is 8.37. The van der Waals surface area contributed by atoms with Crippen molar-refractivity contribution in [3.8, 4) is 0 Å². The molecular weight excluding hydrogens is 363 g/mol. The normalized spacial score (nSPS) is 20.0. The van der Waals surface area contributed by atoms with E-state index in [0.717, 1.165) is 0 Å². The monoisotopic (exact) mass is 385 g/mol. The quantitative estimate of drug-likeness (QED) is 0.761. The van der Waals surface area contributed by atoms with E-state index in [2.05, 4.69) is 0 Å². The van der Waals surface area contributed by atoms with Gasteiger partial charge in [0.05, 0.1) is 17.7 Å². The first-order valence-electron chi connectivity index (χ1n) is 9.30. The molecule has 4 rings (SSSR count). The SMILES string of the molecule is CC1(C)OB(c2ccc(CN3Cc4c(F)cccc4C3=O)c(F)c2)OC1(C)C. The Hall–Kier alpha value is -2.25. The highest BCUT2D eigenvalue weighted by Crippen LogP contribution is 2.36.